The molecule has 0 fully saturated rings. The number of aryl methyl sites for hydroxylation is 1. The van der Waals surface area contributed by atoms with E-state index in [0.717, 1.165) is 10.5 Å². The minimum Gasteiger partial charge on any atom is -0.480 e. The van der Waals surface area contributed by atoms with Crippen LogP contribution < -0.4 is 5.32 Å². The third-order valence-corrected chi connectivity index (χ3v) is 3.37. The number of rotatable bonds is 7. The van der Waals surface area contributed by atoms with Crippen molar-refractivity contribution in [1.82, 2.24) is 5.32 Å². The number of thioether (sulfide) groups is 1. The van der Waals surface area contributed by atoms with Gasteiger partial charge >= 0.3 is 5.97 Å². The average molecular weight is 283 g/mol. The molecule has 0 saturated carbocycles. The topological polar surface area (TPSA) is 75.6 Å². The number of methoxy groups -OCH3 is 1. The fourth-order valence-electron chi connectivity index (χ4n) is 1.36. The summed E-state index contributed by atoms with van der Waals surface area (Å²) in [6.07, 6.45) is 0. The Bertz CT molecular complexity index is 433. The Labute approximate surface area is 116 Å². The molecular weight excluding hydrogens is 266 g/mol. The van der Waals surface area contributed by atoms with Crippen LogP contribution in [0.1, 0.15) is 5.56 Å². The SMILES string of the molecule is COCC(NC(=O)CSc1ccc(C)cc1)C(=O)O. The van der Waals surface area contributed by atoms with Gasteiger partial charge in [0.2, 0.25) is 5.91 Å². The minimum absolute atomic E-state index is 0.0454. The van der Waals surface area contributed by atoms with E-state index in [0.29, 0.717) is 0 Å². The number of carbonyl (C=O) groups excluding carboxylic acids is 1. The fraction of sp³-hybridized carbons (Fsp3) is 0.385. The molecule has 1 unspecified atom stereocenters. The standard InChI is InChI=1S/C13H17NO4S/c1-9-3-5-10(6-4-9)19-8-12(15)14-11(7-18-2)13(16)17/h3-6,11H,7-8H2,1-2H3,(H,14,15)(H,16,17). The highest BCUT2D eigenvalue weighted by molar-refractivity contribution is 8.00. The van der Waals surface area contributed by atoms with Gasteiger partial charge in [-0.15, -0.1) is 11.8 Å². The zero-order valence-electron chi connectivity index (χ0n) is 10.9. The molecule has 104 valence electrons. The van der Waals surface area contributed by atoms with Crippen molar-refractivity contribution in [2.45, 2.75) is 17.9 Å². The molecule has 0 spiro atoms. The van der Waals surface area contributed by atoms with E-state index in [1.54, 1.807) is 0 Å². The second-order valence-electron chi connectivity index (χ2n) is 4.02. The third kappa shape index (κ3) is 5.76. The molecule has 0 bridgehead atoms. The lowest BCUT2D eigenvalue weighted by atomic mass is 10.2. The van der Waals surface area contributed by atoms with Gasteiger partial charge in [-0.2, -0.15) is 0 Å². The number of hydrogen-bond donors (Lipinski definition) is 2. The van der Waals surface area contributed by atoms with Gasteiger partial charge < -0.3 is 15.2 Å². The Hall–Kier alpha value is -1.53. The number of aliphatic carboxylic acids is 1. The van der Waals surface area contributed by atoms with Gasteiger partial charge in [-0.3, -0.25) is 4.79 Å². The summed E-state index contributed by atoms with van der Waals surface area (Å²) < 4.78 is 4.74. The quantitative estimate of drug-likeness (QED) is 0.738. The maximum Gasteiger partial charge on any atom is 0.328 e. The van der Waals surface area contributed by atoms with E-state index in [-0.39, 0.29) is 18.3 Å². The normalized spacial score (nSPS) is 11.9. The molecule has 19 heavy (non-hydrogen) atoms. The van der Waals surface area contributed by atoms with Crippen molar-refractivity contribution < 1.29 is 19.4 Å². The van der Waals surface area contributed by atoms with Crippen molar-refractivity contribution >= 4 is 23.6 Å². The van der Waals surface area contributed by atoms with Gasteiger partial charge in [0.05, 0.1) is 12.4 Å². The monoisotopic (exact) mass is 283 g/mol. The molecule has 5 nitrogen and oxygen atoms in total. The Kier molecular flexibility index (Phi) is 6.38. The van der Waals surface area contributed by atoms with Crippen molar-refractivity contribution in [1.29, 1.82) is 0 Å². The number of ether oxygens (including phenoxy) is 1. The predicted molar refractivity (Wildman–Crippen MR) is 73.3 cm³/mol. The largest absolute Gasteiger partial charge is 0.480 e. The van der Waals surface area contributed by atoms with Gasteiger partial charge in [0.15, 0.2) is 6.04 Å². The number of hydrogen-bond acceptors (Lipinski definition) is 4. The zero-order valence-corrected chi connectivity index (χ0v) is 11.7. The molecule has 1 aromatic rings. The minimum atomic E-state index is -1.10. The highest BCUT2D eigenvalue weighted by Gasteiger charge is 2.19. The highest BCUT2D eigenvalue weighted by Crippen LogP contribution is 2.17. The first-order valence-electron chi connectivity index (χ1n) is 5.73. The summed E-state index contributed by atoms with van der Waals surface area (Å²) in [4.78, 5) is 23.4. The van der Waals surface area contributed by atoms with Crippen LogP contribution in [-0.2, 0) is 14.3 Å². The average Bonchev–Trinajstić information content (AvgIpc) is 2.37. The molecule has 0 aliphatic carbocycles. The van der Waals surface area contributed by atoms with Gasteiger partial charge in [0.1, 0.15) is 0 Å². The number of carboxylic acid groups (broad SMARTS) is 1. The van der Waals surface area contributed by atoms with Gasteiger partial charge in [-0.25, -0.2) is 4.79 Å². The van der Waals surface area contributed by atoms with Gasteiger partial charge in [-0.05, 0) is 19.1 Å². The second kappa shape index (κ2) is 7.81. The molecule has 1 rings (SSSR count). The molecule has 0 aliphatic heterocycles. The number of carboxylic acids is 1. The van der Waals surface area contributed by atoms with Gasteiger partial charge in [0, 0.05) is 12.0 Å². The Morgan fingerprint density at radius 1 is 1.37 bits per heavy atom. The molecule has 1 amide bonds. The number of nitrogens with one attached hydrogen (secondary N) is 1. The van der Waals surface area contributed by atoms with Crippen LogP contribution in [0.3, 0.4) is 0 Å². The maximum absolute atomic E-state index is 11.6. The third-order valence-electron chi connectivity index (χ3n) is 2.36. The van der Waals surface area contributed by atoms with Gasteiger partial charge in [-0.1, -0.05) is 17.7 Å². The lowest BCUT2D eigenvalue weighted by molar-refractivity contribution is -0.142. The molecular formula is C13H17NO4S. The van der Waals surface area contributed by atoms with E-state index < -0.39 is 12.0 Å². The fourth-order valence-corrected chi connectivity index (χ4v) is 2.07. The predicted octanol–water partition coefficient (Wildman–Crippen LogP) is 1.30. The summed E-state index contributed by atoms with van der Waals surface area (Å²) in [7, 11) is 1.39. The van der Waals surface area contributed by atoms with Crippen molar-refractivity contribution in [2.24, 2.45) is 0 Å². The lowest BCUT2D eigenvalue weighted by Gasteiger charge is -2.13. The van der Waals surface area contributed by atoms with E-state index in [4.69, 9.17) is 9.84 Å². The molecule has 0 aliphatic rings. The van der Waals surface area contributed by atoms with Crippen LogP contribution >= 0.6 is 11.8 Å². The van der Waals surface area contributed by atoms with E-state index in [9.17, 15) is 9.59 Å². The first kappa shape index (κ1) is 15.5. The molecule has 0 saturated heterocycles. The molecule has 0 radical (unpaired) electrons. The smallest absolute Gasteiger partial charge is 0.328 e. The molecule has 0 heterocycles. The van der Waals surface area contributed by atoms with Crippen molar-refractivity contribution in [3.05, 3.63) is 29.8 Å². The van der Waals surface area contributed by atoms with Crippen LogP contribution in [0.5, 0.6) is 0 Å². The van der Waals surface area contributed by atoms with E-state index in [1.165, 1.54) is 18.9 Å². The van der Waals surface area contributed by atoms with Crippen molar-refractivity contribution in [2.75, 3.05) is 19.5 Å². The number of amides is 1. The number of benzene rings is 1. The Morgan fingerprint density at radius 2 is 2.00 bits per heavy atom. The van der Waals surface area contributed by atoms with Gasteiger partial charge in [0.25, 0.3) is 0 Å². The Morgan fingerprint density at radius 3 is 2.53 bits per heavy atom. The van der Waals surface area contributed by atoms with Crippen LogP contribution in [0.2, 0.25) is 0 Å². The molecule has 1 atom stereocenters. The summed E-state index contributed by atoms with van der Waals surface area (Å²) in [5.41, 5.74) is 1.15. The van der Waals surface area contributed by atoms with Crippen molar-refractivity contribution in [3.8, 4) is 0 Å². The molecule has 2 N–H and O–H groups in total. The van der Waals surface area contributed by atoms with Crippen LogP contribution in [-0.4, -0.2) is 42.5 Å². The van der Waals surface area contributed by atoms with Crippen LogP contribution in [0.15, 0.2) is 29.2 Å². The summed E-state index contributed by atoms with van der Waals surface area (Å²) in [5, 5.41) is 11.3. The maximum atomic E-state index is 11.6. The first-order chi connectivity index (χ1) is 9.02. The van der Waals surface area contributed by atoms with Crippen LogP contribution in [0, 0.1) is 6.92 Å². The highest BCUT2D eigenvalue weighted by atomic mass is 32.2. The van der Waals surface area contributed by atoms with Crippen LogP contribution in [0.25, 0.3) is 0 Å². The van der Waals surface area contributed by atoms with Crippen molar-refractivity contribution in [3.63, 3.8) is 0 Å². The molecule has 1 aromatic carbocycles. The lowest BCUT2D eigenvalue weighted by Crippen LogP contribution is -2.44. The first-order valence-corrected chi connectivity index (χ1v) is 6.72. The second-order valence-corrected chi connectivity index (χ2v) is 5.06. The molecule has 0 aromatic heterocycles. The summed E-state index contributed by atoms with van der Waals surface area (Å²) >= 11 is 1.36. The van der Waals surface area contributed by atoms with E-state index in [1.807, 2.05) is 31.2 Å². The zero-order chi connectivity index (χ0) is 14.3. The molecule has 6 heteroatoms. The van der Waals surface area contributed by atoms with E-state index in [2.05, 4.69) is 5.32 Å². The summed E-state index contributed by atoms with van der Waals surface area (Å²) in [6.45, 7) is 1.94. The summed E-state index contributed by atoms with van der Waals surface area (Å²) in [5.74, 6) is -1.25. The van der Waals surface area contributed by atoms with Crippen LogP contribution in [0.4, 0.5) is 0 Å². The number of carbonyl (C=O) groups is 2. The van der Waals surface area contributed by atoms with E-state index >= 15 is 0 Å². The summed E-state index contributed by atoms with van der Waals surface area (Å²) in [6, 6.07) is 6.78. The Balaban J connectivity index is 2.42.